The summed E-state index contributed by atoms with van der Waals surface area (Å²) in [6.45, 7) is 1.92. The molecule has 1 heterocycles. The Bertz CT molecular complexity index is 811. The van der Waals surface area contributed by atoms with E-state index in [1.807, 2.05) is 19.1 Å². The van der Waals surface area contributed by atoms with E-state index in [9.17, 15) is 4.39 Å². The Kier molecular flexibility index (Phi) is 3.39. The molecule has 0 spiro atoms. The molecule has 2 N–H and O–H groups in total. The van der Waals surface area contributed by atoms with Gasteiger partial charge in [0.15, 0.2) is 0 Å². The molecule has 0 saturated heterocycles. The fourth-order valence-electron chi connectivity index (χ4n) is 2.12. The van der Waals surface area contributed by atoms with Crippen molar-refractivity contribution in [3.8, 4) is 16.9 Å². The number of anilines is 1. The van der Waals surface area contributed by atoms with E-state index in [0.717, 1.165) is 11.3 Å². The number of hydrogen-bond acceptors (Lipinski definition) is 2. The lowest BCUT2D eigenvalue weighted by Crippen LogP contribution is -2.01. The van der Waals surface area contributed by atoms with Gasteiger partial charge in [-0.05, 0) is 36.8 Å². The molecule has 0 bridgehead atoms. The molecule has 0 unspecified atom stereocenters. The van der Waals surface area contributed by atoms with Gasteiger partial charge in [-0.1, -0.05) is 29.8 Å². The zero-order valence-corrected chi connectivity index (χ0v) is 12.1. The fraction of sp³-hybridized carbons (Fsp3) is 0.0625. The van der Waals surface area contributed by atoms with E-state index in [2.05, 4.69) is 5.10 Å². The van der Waals surface area contributed by atoms with E-state index in [1.54, 1.807) is 35.0 Å². The van der Waals surface area contributed by atoms with Gasteiger partial charge in [0.1, 0.15) is 11.6 Å². The van der Waals surface area contributed by atoms with Gasteiger partial charge in [0, 0.05) is 16.7 Å². The topological polar surface area (TPSA) is 43.8 Å². The zero-order chi connectivity index (χ0) is 15.0. The van der Waals surface area contributed by atoms with Crippen LogP contribution in [0.3, 0.4) is 0 Å². The molecule has 3 nitrogen and oxygen atoms in total. The molecule has 0 amide bonds. The molecule has 2 aromatic carbocycles. The highest BCUT2D eigenvalue weighted by Crippen LogP contribution is 2.26. The number of nitrogens with two attached hydrogens (primary N) is 1. The Labute approximate surface area is 126 Å². The van der Waals surface area contributed by atoms with Crippen molar-refractivity contribution in [2.75, 3.05) is 5.73 Å². The van der Waals surface area contributed by atoms with Gasteiger partial charge in [-0.15, -0.1) is 0 Å². The van der Waals surface area contributed by atoms with Crippen molar-refractivity contribution in [3.05, 3.63) is 64.9 Å². The van der Waals surface area contributed by atoms with Crippen molar-refractivity contribution >= 4 is 17.4 Å². The molecule has 0 fully saturated rings. The summed E-state index contributed by atoms with van der Waals surface area (Å²) < 4.78 is 15.4. The highest BCUT2D eigenvalue weighted by atomic mass is 35.5. The zero-order valence-electron chi connectivity index (χ0n) is 11.3. The number of hydrogen-bond donors (Lipinski definition) is 1. The maximum Gasteiger partial charge on any atom is 0.132 e. The number of aryl methyl sites for hydroxylation is 1. The summed E-state index contributed by atoms with van der Waals surface area (Å²) >= 11 is 6.12. The maximum absolute atomic E-state index is 13.8. The Morgan fingerprint density at radius 2 is 1.90 bits per heavy atom. The van der Waals surface area contributed by atoms with Gasteiger partial charge in [0.2, 0.25) is 0 Å². The fourth-order valence-corrected chi connectivity index (χ4v) is 2.29. The van der Waals surface area contributed by atoms with Gasteiger partial charge in [-0.3, -0.25) is 0 Å². The normalized spacial score (nSPS) is 10.8. The van der Waals surface area contributed by atoms with Gasteiger partial charge in [0.25, 0.3) is 0 Å². The smallest absolute Gasteiger partial charge is 0.132 e. The molecule has 0 saturated carbocycles. The van der Waals surface area contributed by atoms with E-state index in [-0.39, 0.29) is 5.82 Å². The van der Waals surface area contributed by atoms with E-state index < -0.39 is 0 Å². The van der Waals surface area contributed by atoms with Gasteiger partial charge in [-0.2, -0.15) is 5.10 Å². The molecule has 0 aliphatic carbocycles. The molecule has 21 heavy (non-hydrogen) atoms. The number of benzene rings is 2. The first kappa shape index (κ1) is 13.6. The van der Waals surface area contributed by atoms with Crippen molar-refractivity contribution in [2.45, 2.75) is 6.92 Å². The first-order valence-corrected chi connectivity index (χ1v) is 6.81. The van der Waals surface area contributed by atoms with Crippen LogP contribution in [0.1, 0.15) is 5.56 Å². The average Bonchev–Trinajstić information content (AvgIpc) is 2.84. The minimum atomic E-state index is -0.330. The summed E-state index contributed by atoms with van der Waals surface area (Å²) in [5.74, 6) is 0.0947. The second-order valence-corrected chi connectivity index (χ2v) is 5.19. The number of nitrogens with zero attached hydrogens (tertiary/aromatic N) is 2. The second kappa shape index (κ2) is 5.22. The first-order chi connectivity index (χ1) is 10.1. The maximum atomic E-state index is 13.8. The van der Waals surface area contributed by atoms with Crippen LogP contribution >= 0.6 is 11.6 Å². The van der Waals surface area contributed by atoms with Crippen molar-refractivity contribution in [1.82, 2.24) is 9.78 Å². The van der Waals surface area contributed by atoms with E-state index in [1.165, 1.54) is 6.07 Å². The summed E-state index contributed by atoms with van der Waals surface area (Å²) in [5.41, 5.74) is 8.60. The van der Waals surface area contributed by atoms with Crippen molar-refractivity contribution in [3.63, 3.8) is 0 Å². The lowest BCUT2D eigenvalue weighted by Gasteiger charge is -2.06. The van der Waals surface area contributed by atoms with Crippen LogP contribution in [-0.2, 0) is 0 Å². The van der Waals surface area contributed by atoms with Crippen LogP contribution in [0.2, 0.25) is 5.02 Å². The van der Waals surface area contributed by atoms with Gasteiger partial charge >= 0.3 is 0 Å². The number of halogens is 2. The largest absolute Gasteiger partial charge is 0.384 e. The molecule has 3 rings (SSSR count). The van der Waals surface area contributed by atoms with Crippen LogP contribution in [0.5, 0.6) is 0 Å². The van der Waals surface area contributed by atoms with Crippen LogP contribution in [0.4, 0.5) is 10.2 Å². The quantitative estimate of drug-likeness (QED) is 0.770. The van der Waals surface area contributed by atoms with Gasteiger partial charge < -0.3 is 5.73 Å². The Morgan fingerprint density at radius 3 is 2.62 bits per heavy atom. The third kappa shape index (κ3) is 2.50. The third-order valence-corrected chi connectivity index (χ3v) is 3.69. The van der Waals surface area contributed by atoms with Gasteiger partial charge in [0.05, 0.1) is 11.4 Å². The molecule has 0 radical (unpaired) electrons. The highest BCUT2D eigenvalue weighted by Gasteiger charge is 2.12. The second-order valence-electron chi connectivity index (χ2n) is 4.78. The Balaban J connectivity index is 2.10. The Hall–Kier alpha value is -2.33. The van der Waals surface area contributed by atoms with Gasteiger partial charge in [-0.25, -0.2) is 9.07 Å². The van der Waals surface area contributed by atoms with Crippen molar-refractivity contribution < 1.29 is 4.39 Å². The molecule has 0 aliphatic rings. The van der Waals surface area contributed by atoms with Crippen LogP contribution < -0.4 is 5.73 Å². The summed E-state index contributed by atoms with van der Waals surface area (Å²) in [5, 5.41) is 5.01. The van der Waals surface area contributed by atoms with Crippen LogP contribution in [0.25, 0.3) is 16.9 Å². The first-order valence-electron chi connectivity index (χ1n) is 6.43. The molecule has 3 aromatic rings. The molecule has 1 aromatic heterocycles. The summed E-state index contributed by atoms with van der Waals surface area (Å²) in [7, 11) is 0. The van der Waals surface area contributed by atoms with Crippen LogP contribution in [0.15, 0.2) is 48.5 Å². The molecule has 0 atom stereocenters. The van der Waals surface area contributed by atoms with Crippen molar-refractivity contribution in [2.24, 2.45) is 0 Å². The lowest BCUT2D eigenvalue weighted by molar-refractivity contribution is 0.630. The molecular weight excluding hydrogens is 289 g/mol. The molecule has 0 aliphatic heterocycles. The monoisotopic (exact) mass is 301 g/mol. The average molecular weight is 302 g/mol. The molecular formula is C16H13ClFN3. The van der Waals surface area contributed by atoms with E-state index in [4.69, 9.17) is 17.3 Å². The highest BCUT2D eigenvalue weighted by molar-refractivity contribution is 6.31. The minimum absolute atomic E-state index is 0.330. The van der Waals surface area contributed by atoms with E-state index >= 15 is 0 Å². The lowest BCUT2D eigenvalue weighted by atomic mass is 10.1. The van der Waals surface area contributed by atoms with Crippen LogP contribution in [0, 0.1) is 12.7 Å². The Morgan fingerprint density at radius 1 is 1.14 bits per heavy atom. The number of rotatable bonds is 2. The third-order valence-electron chi connectivity index (χ3n) is 3.29. The standard InChI is InChI=1S/C16H13ClFN3/c1-10-6-7-11(8-13(10)17)21-16(19)9-15(20-21)12-4-2-3-5-14(12)18/h2-9H,19H2,1H3. The summed E-state index contributed by atoms with van der Waals surface area (Å²) in [6.07, 6.45) is 0. The predicted molar refractivity (Wildman–Crippen MR) is 83.1 cm³/mol. The van der Waals surface area contributed by atoms with Crippen LogP contribution in [-0.4, -0.2) is 9.78 Å². The number of nitrogen functional groups attached to an aromatic ring is 1. The van der Waals surface area contributed by atoms with Crippen molar-refractivity contribution in [1.29, 1.82) is 0 Å². The summed E-state index contributed by atoms with van der Waals surface area (Å²) in [6, 6.07) is 13.7. The number of aromatic nitrogens is 2. The molecule has 106 valence electrons. The SMILES string of the molecule is Cc1ccc(-n2nc(-c3ccccc3F)cc2N)cc1Cl. The summed E-state index contributed by atoms with van der Waals surface area (Å²) in [4.78, 5) is 0. The minimum Gasteiger partial charge on any atom is -0.384 e. The molecule has 5 heteroatoms. The predicted octanol–water partition coefficient (Wildman–Crippen LogP) is 4.22. The van der Waals surface area contributed by atoms with E-state index in [0.29, 0.717) is 22.1 Å².